The highest BCUT2D eigenvalue weighted by Gasteiger charge is 2.12. The molecule has 0 aromatic carbocycles. The largest absolute Gasteiger partial charge is 0.314 e. The van der Waals surface area contributed by atoms with Gasteiger partial charge < -0.3 is 5.32 Å². The van der Waals surface area contributed by atoms with Crippen LogP contribution in [-0.2, 0) is 0 Å². The molecule has 1 aliphatic rings. The molecule has 0 saturated heterocycles. The lowest BCUT2D eigenvalue weighted by Gasteiger charge is -2.10. The monoisotopic (exact) mass is 153 g/mol. The number of nitrogens with one attached hydrogen (secondary N) is 1. The van der Waals surface area contributed by atoms with E-state index in [2.05, 4.69) is 11.9 Å². The summed E-state index contributed by atoms with van der Waals surface area (Å²) >= 11 is 0. The Morgan fingerprint density at radius 1 is 1.36 bits per heavy atom. The summed E-state index contributed by atoms with van der Waals surface area (Å²) < 4.78 is 0. The molecule has 1 nitrogen and oxygen atoms in total. The van der Waals surface area contributed by atoms with Gasteiger partial charge in [0.15, 0.2) is 0 Å². The molecule has 0 amide bonds. The van der Waals surface area contributed by atoms with Gasteiger partial charge in [0.2, 0.25) is 0 Å². The van der Waals surface area contributed by atoms with E-state index in [0.717, 1.165) is 12.5 Å². The summed E-state index contributed by atoms with van der Waals surface area (Å²) in [6, 6.07) is 0.833. The lowest BCUT2D eigenvalue weighted by molar-refractivity contribution is 0.517. The zero-order valence-corrected chi connectivity index (χ0v) is 7.31. The van der Waals surface area contributed by atoms with Crippen molar-refractivity contribution in [3.05, 3.63) is 12.7 Å². The molecule has 1 heteroatoms. The molecule has 1 aliphatic carbocycles. The van der Waals surface area contributed by atoms with Gasteiger partial charge in [0.25, 0.3) is 0 Å². The number of hydrogen-bond donors (Lipinski definition) is 1. The standard InChI is InChI=1S/C10H19N/c1-2-3-6-9-11-10-7-4-5-8-10/h2,10-11H,1,3-9H2. The van der Waals surface area contributed by atoms with Crippen LogP contribution >= 0.6 is 0 Å². The molecule has 0 unspecified atom stereocenters. The highest BCUT2D eigenvalue weighted by Crippen LogP contribution is 2.17. The maximum atomic E-state index is 3.70. The van der Waals surface area contributed by atoms with Crippen molar-refractivity contribution in [2.45, 2.75) is 44.6 Å². The lowest BCUT2D eigenvalue weighted by Crippen LogP contribution is -2.26. The molecule has 0 atom stereocenters. The Kier molecular flexibility index (Phi) is 4.29. The molecule has 0 aliphatic heterocycles. The number of unbranched alkanes of at least 4 members (excludes halogenated alkanes) is 1. The molecule has 64 valence electrons. The molecule has 0 heterocycles. The Morgan fingerprint density at radius 2 is 2.09 bits per heavy atom. The second-order valence-electron chi connectivity index (χ2n) is 3.37. The predicted molar refractivity (Wildman–Crippen MR) is 49.7 cm³/mol. The summed E-state index contributed by atoms with van der Waals surface area (Å²) in [4.78, 5) is 0. The number of hydrogen-bond acceptors (Lipinski definition) is 1. The smallest absolute Gasteiger partial charge is 0.00670 e. The van der Waals surface area contributed by atoms with Crippen molar-refractivity contribution in [3.63, 3.8) is 0 Å². The lowest BCUT2D eigenvalue weighted by atomic mass is 10.2. The van der Waals surface area contributed by atoms with Crippen LogP contribution in [-0.4, -0.2) is 12.6 Å². The van der Waals surface area contributed by atoms with Crippen LogP contribution in [0.5, 0.6) is 0 Å². The molecular weight excluding hydrogens is 134 g/mol. The van der Waals surface area contributed by atoms with Crippen molar-refractivity contribution >= 4 is 0 Å². The summed E-state index contributed by atoms with van der Waals surface area (Å²) in [6.07, 6.45) is 10.1. The second-order valence-corrected chi connectivity index (χ2v) is 3.37. The number of allylic oxidation sites excluding steroid dienone is 1. The molecule has 1 rings (SSSR count). The van der Waals surface area contributed by atoms with Crippen LogP contribution in [0.25, 0.3) is 0 Å². The third-order valence-corrected chi connectivity index (χ3v) is 2.37. The summed E-state index contributed by atoms with van der Waals surface area (Å²) in [6.45, 7) is 4.88. The minimum absolute atomic E-state index is 0.833. The van der Waals surface area contributed by atoms with Gasteiger partial charge in [0, 0.05) is 6.04 Å². The Bertz CT molecular complexity index is 103. The molecule has 1 saturated carbocycles. The van der Waals surface area contributed by atoms with E-state index in [0.29, 0.717) is 0 Å². The Labute approximate surface area is 69.9 Å². The van der Waals surface area contributed by atoms with E-state index in [1.165, 1.54) is 38.6 Å². The fraction of sp³-hybridized carbons (Fsp3) is 0.800. The summed E-state index contributed by atoms with van der Waals surface area (Å²) in [7, 11) is 0. The van der Waals surface area contributed by atoms with Crippen LogP contribution in [0.1, 0.15) is 38.5 Å². The summed E-state index contributed by atoms with van der Waals surface area (Å²) in [5, 5.41) is 3.57. The SMILES string of the molecule is C=CCCCNC1CCCC1. The van der Waals surface area contributed by atoms with Gasteiger partial charge in [-0.3, -0.25) is 0 Å². The van der Waals surface area contributed by atoms with Crippen molar-refractivity contribution in [1.82, 2.24) is 5.32 Å². The third kappa shape index (κ3) is 3.57. The third-order valence-electron chi connectivity index (χ3n) is 2.37. The van der Waals surface area contributed by atoms with Crippen LogP contribution < -0.4 is 5.32 Å². The zero-order chi connectivity index (χ0) is 7.94. The van der Waals surface area contributed by atoms with Crippen molar-refractivity contribution in [2.24, 2.45) is 0 Å². The van der Waals surface area contributed by atoms with Gasteiger partial charge >= 0.3 is 0 Å². The minimum Gasteiger partial charge on any atom is -0.314 e. The maximum Gasteiger partial charge on any atom is 0.00670 e. The summed E-state index contributed by atoms with van der Waals surface area (Å²) in [5.74, 6) is 0. The van der Waals surface area contributed by atoms with Crippen molar-refractivity contribution < 1.29 is 0 Å². The van der Waals surface area contributed by atoms with Crippen LogP contribution in [0.3, 0.4) is 0 Å². The van der Waals surface area contributed by atoms with E-state index < -0.39 is 0 Å². The first-order valence-electron chi connectivity index (χ1n) is 4.78. The van der Waals surface area contributed by atoms with Crippen LogP contribution in [0.15, 0.2) is 12.7 Å². The average Bonchev–Trinajstić information content (AvgIpc) is 2.50. The van der Waals surface area contributed by atoms with Crippen LogP contribution in [0.2, 0.25) is 0 Å². The van der Waals surface area contributed by atoms with Gasteiger partial charge in [-0.25, -0.2) is 0 Å². The Morgan fingerprint density at radius 3 is 2.73 bits per heavy atom. The fourth-order valence-corrected chi connectivity index (χ4v) is 1.68. The van der Waals surface area contributed by atoms with E-state index in [1.807, 2.05) is 6.08 Å². The second kappa shape index (κ2) is 5.36. The van der Waals surface area contributed by atoms with Gasteiger partial charge in [-0.15, -0.1) is 6.58 Å². The van der Waals surface area contributed by atoms with Crippen LogP contribution in [0.4, 0.5) is 0 Å². The first-order chi connectivity index (χ1) is 5.43. The van der Waals surface area contributed by atoms with E-state index in [4.69, 9.17) is 0 Å². The van der Waals surface area contributed by atoms with Gasteiger partial charge in [-0.05, 0) is 32.2 Å². The maximum absolute atomic E-state index is 3.70. The Hall–Kier alpha value is -0.300. The van der Waals surface area contributed by atoms with E-state index in [9.17, 15) is 0 Å². The normalized spacial score (nSPS) is 18.9. The van der Waals surface area contributed by atoms with Gasteiger partial charge in [0.1, 0.15) is 0 Å². The van der Waals surface area contributed by atoms with Gasteiger partial charge in [0.05, 0.1) is 0 Å². The molecule has 1 fully saturated rings. The highest BCUT2D eigenvalue weighted by atomic mass is 14.9. The molecule has 0 aromatic rings. The molecular formula is C10H19N. The molecule has 0 bridgehead atoms. The molecule has 0 radical (unpaired) electrons. The average molecular weight is 153 g/mol. The zero-order valence-electron chi connectivity index (χ0n) is 7.31. The Balaban J connectivity index is 1.89. The molecule has 11 heavy (non-hydrogen) atoms. The molecule has 0 spiro atoms. The van der Waals surface area contributed by atoms with E-state index in [1.54, 1.807) is 0 Å². The van der Waals surface area contributed by atoms with Crippen molar-refractivity contribution in [3.8, 4) is 0 Å². The van der Waals surface area contributed by atoms with Gasteiger partial charge in [-0.2, -0.15) is 0 Å². The van der Waals surface area contributed by atoms with E-state index in [-0.39, 0.29) is 0 Å². The first kappa shape index (κ1) is 8.79. The van der Waals surface area contributed by atoms with Crippen molar-refractivity contribution in [2.75, 3.05) is 6.54 Å². The fourth-order valence-electron chi connectivity index (χ4n) is 1.68. The van der Waals surface area contributed by atoms with Gasteiger partial charge in [-0.1, -0.05) is 18.9 Å². The topological polar surface area (TPSA) is 12.0 Å². The first-order valence-corrected chi connectivity index (χ1v) is 4.78. The highest BCUT2D eigenvalue weighted by molar-refractivity contribution is 4.74. The quantitative estimate of drug-likeness (QED) is 0.472. The van der Waals surface area contributed by atoms with Crippen LogP contribution in [0, 0.1) is 0 Å². The minimum atomic E-state index is 0.833. The molecule has 0 aromatic heterocycles. The molecule has 1 N–H and O–H groups in total. The number of rotatable bonds is 5. The predicted octanol–water partition coefficient (Wildman–Crippen LogP) is 2.48. The van der Waals surface area contributed by atoms with Crippen molar-refractivity contribution in [1.29, 1.82) is 0 Å². The summed E-state index contributed by atoms with van der Waals surface area (Å²) in [5.41, 5.74) is 0. The van der Waals surface area contributed by atoms with E-state index >= 15 is 0 Å².